The Morgan fingerprint density at radius 1 is 0.885 bits per heavy atom. The van der Waals surface area contributed by atoms with Gasteiger partial charge < -0.3 is 14.2 Å². The topological polar surface area (TPSA) is 61.8 Å². The summed E-state index contributed by atoms with van der Waals surface area (Å²) in [4.78, 5) is 23.9. The number of benzene rings is 2. The number of ether oxygens (including phenoxy) is 3. The molecule has 0 aromatic heterocycles. The molecular formula is C21H24O5. The summed E-state index contributed by atoms with van der Waals surface area (Å²) >= 11 is 0. The second-order valence-corrected chi connectivity index (χ2v) is 6.90. The van der Waals surface area contributed by atoms with Crippen LogP contribution in [0.25, 0.3) is 0 Å². The fourth-order valence-corrected chi connectivity index (χ4v) is 2.41. The number of hydrogen-bond acceptors (Lipinski definition) is 5. The molecule has 0 aliphatic rings. The Hall–Kier alpha value is -2.82. The molecule has 0 bridgehead atoms. The van der Waals surface area contributed by atoms with Gasteiger partial charge in [-0.05, 0) is 29.2 Å². The first-order valence-electron chi connectivity index (χ1n) is 8.29. The van der Waals surface area contributed by atoms with Gasteiger partial charge in [-0.1, -0.05) is 45.0 Å². The molecule has 0 spiro atoms. The molecule has 2 aromatic rings. The molecule has 0 fully saturated rings. The number of esters is 1. The largest absolute Gasteiger partial charge is 0.493 e. The van der Waals surface area contributed by atoms with E-state index in [0.29, 0.717) is 22.6 Å². The fraction of sp³-hybridized carbons (Fsp3) is 0.333. The van der Waals surface area contributed by atoms with E-state index in [0.717, 1.165) is 5.56 Å². The van der Waals surface area contributed by atoms with Crippen LogP contribution < -0.4 is 9.47 Å². The smallest absolute Gasteiger partial charge is 0.337 e. The predicted octanol–water partition coefficient (Wildman–Crippen LogP) is 4.04. The maximum absolute atomic E-state index is 12.4. The summed E-state index contributed by atoms with van der Waals surface area (Å²) in [6, 6.07) is 12.2. The van der Waals surface area contributed by atoms with Crippen molar-refractivity contribution in [3.63, 3.8) is 0 Å². The van der Waals surface area contributed by atoms with Crippen molar-refractivity contribution in [2.75, 3.05) is 20.8 Å². The average molecular weight is 356 g/mol. The van der Waals surface area contributed by atoms with Crippen LogP contribution in [-0.4, -0.2) is 32.6 Å². The molecule has 0 atom stereocenters. The van der Waals surface area contributed by atoms with Crippen LogP contribution in [0.5, 0.6) is 11.5 Å². The van der Waals surface area contributed by atoms with E-state index >= 15 is 0 Å². The zero-order valence-corrected chi connectivity index (χ0v) is 15.8. The highest BCUT2D eigenvalue weighted by atomic mass is 16.5. The highest BCUT2D eigenvalue weighted by Crippen LogP contribution is 2.28. The Morgan fingerprint density at radius 3 is 2.04 bits per heavy atom. The Bertz CT molecular complexity index is 785. The highest BCUT2D eigenvalue weighted by molar-refractivity contribution is 5.97. The lowest BCUT2D eigenvalue weighted by Crippen LogP contribution is -2.14. The van der Waals surface area contributed by atoms with Crippen molar-refractivity contribution in [2.24, 2.45) is 0 Å². The molecule has 0 amide bonds. The van der Waals surface area contributed by atoms with Crippen LogP contribution in [0.3, 0.4) is 0 Å². The number of carbonyl (C=O) groups excluding carboxylic acids is 2. The molecule has 2 rings (SSSR count). The Kier molecular flexibility index (Phi) is 6.03. The third-order valence-corrected chi connectivity index (χ3v) is 4.02. The minimum Gasteiger partial charge on any atom is -0.493 e. The van der Waals surface area contributed by atoms with Gasteiger partial charge in [0, 0.05) is 5.56 Å². The standard InChI is InChI=1S/C21H24O5/c1-21(2,3)16-9-6-14(7-10-16)17(22)13-26-18-11-8-15(20(23)25-5)12-19(18)24-4/h6-12H,13H2,1-5H3. The summed E-state index contributed by atoms with van der Waals surface area (Å²) in [6.07, 6.45) is 0. The van der Waals surface area contributed by atoms with E-state index in [1.165, 1.54) is 20.3 Å². The molecule has 0 aliphatic carbocycles. The molecule has 138 valence electrons. The van der Waals surface area contributed by atoms with Crippen molar-refractivity contribution in [2.45, 2.75) is 26.2 Å². The van der Waals surface area contributed by atoms with E-state index in [1.54, 1.807) is 12.1 Å². The number of ketones is 1. The van der Waals surface area contributed by atoms with E-state index in [9.17, 15) is 9.59 Å². The van der Waals surface area contributed by atoms with Crippen LogP contribution in [-0.2, 0) is 10.2 Å². The summed E-state index contributed by atoms with van der Waals surface area (Å²) in [5, 5.41) is 0. The van der Waals surface area contributed by atoms with Crippen molar-refractivity contribution in [1.82, 2.24) is 0 Å². The molecule has 0 N–H and O–H groups in total. The summed E-state index contributed by atoms with van der Waals surface area (Å²) in [5.41, 5.74) is 2.13. The molecule has 0 heterocycles. The average Bonchev–Trinajstić information content (AvgIpc) is 2.64. The van der Waals surface area contributed by atoms with Crippen LogP contribution >= 0.6 is 0 Å². The maximum Gasteiger partial charge on any atom is 0.337 e. The lowest BCUT2D eigenvalue weighted by atomic mass is 9.86. The first kappa shape index (κ1) is 19.5. The third-order valence-electron chi connectivity index (χ3n) is 4.02. The van der Waals surface area contributed by atoms with Crippen molar-refractivity contribution in [3.05, 3.63) is 59.2 Å². The second kappa shape index (κ2) is 8.04. The SMILES string of the molecule is COC(=O)c1ccc(OCC(=O)c2ccc(C(C)(C)C)cc2)c(OC)c1. The first-order valence-corrected chi connectivity index (χ1v) is 8.29. The third kappa shape index (κ3) is 4.63. The summed E-state index contributed by atoms with van der Waals surface area (Å²) in [5.74, 6) is 0.151. The minimum absolute atomic E-state index is 0.0346. The van der Waals surface area contributed by atoms with Crippen molar-refractivity contribution in [3.8, 4) is 11.5 Å². The van der Waals surface area contributed by atoms with Crippen LogP contribution in [0.2, 0.25) is 0 Å². The zero-order chi connectivity index (χ0) is 19.3. The van der Waals surface area contributed by atoms with Gasteiger partial charge in [-0.25, -0.2) is 4.79 Å². The van der Waals surface area contributed by atoms with Gasteiger partial charge >= 0.3 is 5.97 Å². The number of methoxy groups -OCH3 is 2. The number of Topliss-reactive ketones (excluding diaryl/α,β-unsaturated/α-hetero) is 1. The first-order chi connectivity index (χ1) is 12.3. The fourth-order valence-electron chi connectivity index (χ4n) is 2.41. The number of carbonyl (C=O) groups is 2. The van der Waals surface area contributed by atoms with Crippen LogP contribution in [0.15, 0.2) is 42.5 Å². The Balaban J connectivity index is 2.08. The van der Waals surface area contributed by atoms with Gasteiger partial charge in [0.15, 0.2) is 23.9 Å². The summed E-state index contributed by atoms with van der Waals surface area (Å²) < 4.78 is 15.5. The zero-order valence-electron chi connectivity index (χ0n) is 15.8. The molecular weight excluding hydrogens is 332 g/mol. The summed E-state index contributed by atoms with van der Waals surface area (Å²) in [7, 11) is 2.78. The molecule has 0 unspecified atom stereocenters. The maximum atomic E-state index is 12.4. The molecule has 0 aliphatic heterocycles. The number of hydrogen-bond donors (Lipinski definition) is 0. The Labute approximate surface area is 153 Å². The van der Waals surface area contributed by atoms with Gasteiger partial charge in [-0.15, -0.1) is 0 Å². The molecule has 5 heteroatoms. The molecule has 0 saturated carbocycles. The predicted molar refractivity (Wildman–Crippen MR) is 99.3 cm³/mol. The van der Waals surface area contributed by atoms with E-state index in [4.69, 9.17) is 9.47 Å². The number of rotatable bonds is 6. The van der Waals surface area contributed by atoms with E-state index < -0.39 is 5.97 Å². The molecule has 0 radical (unpaired) electrons. The lowest BCUT2D eigenvalue weighted by molar-refractivity contribution is 0.0600. The Morgan fingerprint density at radius 2 is 1.50 bits per heavy atom. The van der Waals surface area contributed by atoms with Gasteiger partial charge in [-0.3, -0.25) is 4.79 Å². The van der Waals surface area contributed by atoms with Crippen LogP contribution in [0, 0.1) is 0 Å². The second-order valence-electron chi connectivity index (χ2n) is 6.90. The van der Waals surface area contributed by atoms with Gasteiger partial charge in [0.2, 0.25) is 0 Å². The minimum atomic E-state index is -0.468. The van der Waals surface area contributed by atoms with Crippen LogP contribution in [0.1, 0.15) is 47.1 Å². The van der Waals surface area contributed by atoms with E-state index in [1.807, 2.05) is 24.3 Å². The van der Waals surface area contributed by atoms with Crippen molar-refractivity contribution >= 4 is 11.8 Å². The molecule has 5 nitrogen and oxygen atoms in total. The van der Waals surface area contributed by atoms with Gasteiger partial charge in [0.1, 0.15) is 0 Å². The summed E-state index contributed by atoms with van der Waals surface area (Å²) in [6.45, 7) is 6.24. The van der Waals surface area contributed by atoms with E-state index in [-0.39, 0.29) is 17.8 Å². The highest BCUT2D eigenvalue weighted by Gasteiger charge is 2.16. The van der Waals surface area contributed by atoms with Gasteiger partial charge in [-0.2, -0.15) is 0 Å². The molecule has 2 aromatic carbocycles. The van der Waals surface area contributed by atoms with Crippen LogP contribution in [0.4, 0.5) is 0 Å². The van der Waals surface area contributed by atoms with E-state index in [2.05, 4.69) is 25.5 Å². The van der Waals surface area contributed by atoms with Gasteiger partial charge in [0.05, 0.1) is 19.8 Å². The molecule has 26 heavy (non-hydrogen) atoms. The van der Waals surface area contributed by atoms with Gasteiger partial charge in [0.25, 0.3) is 0 Å². The van der Waals surface area contributed by atoms with Crippen molar-refractivity contribution in [1.29, 1.82) is 0 Å². The molecule has 0 saturated heterocycles. The lowest BCUT2D eigenvalue weighted by Gasteiger charge is -2.19. The quantitative estimate of drug-likeness (QED) is 0.577. The normalized spacial score (nSPS) is 11.0. The van der Waals surface area contributed by atoms with Crippen molar-refractivity contribution < 1.29 is 23.8 Å². The monoisotopic (exact) mass is 356 g/mol.